The van der Waals surface area contributed by atoms with E-state index in [2.05, 4.69) is 4.98 Å². The number of rotatable bonds is 2. The molecule has 2 heterocycles. The molecule has 1 aliphatic heterocycles. The van der Waals surface area contributed by atoms with Crippen molar-refractivity contribution in [1.29, 1.82) is 0 Å². The highest BCUT2D eigenvalue weighted by Crippen LogP contribution is 2.39. The van der Waals surface area contributed by atoms with E-state index in [1.54, 1.807) is 18.5 Å². The topological polar surface area (TPSA) is 51.6 Å². The lowest BCUT2D eigenvalue weighted by Crippen LogP contribution is -2.23. The number of ether oxygens (including phenoxy) is 2. The maximum atomic E-state index is 9.26. The summed E-state index contributed by atoms with van der Waals surface area (Å²) in [6, 6.07) is 1.78. The lowest BCUT2D eigenvalue weighted by Gasteiger charge is -2.17. The van der Waals surface area contributed by atoms with Crippen molar-refractivity contribution in [1.82, 2.24) is 4.98 Å². The first kappa shape index (κ1) is 11.8. The van der Waals surface area contributed by atoms with Gasteiger partial charge in [-0.25, -0.2) is 0 Å². The van der Waals surface area contributed by atoms with Crippen molar-refractivity contribution < 1.29 is 14.6 Å². The molecule has 2 rings (SSSR count). The maximum Gasteiger partial charge on any atom is 0.164 e. The summed E-state index contributed by atoms with van der Waals surface area (Å²) in [5.41, 5.74) is 0.793. The van der Waals surface area contributed by atoms with E-state index in [0.717, 1.165) is 5.56 Å². The van der Waals surface area contributed by atoms with Crippen LogP contribution in [0.1, 0.15) is 25.5 Å². The van der Waals surface area contributed by atoms with E-state index in [1.165, 1.54) is 0 Å². The molecule has 0 amide bonds. The summed E-state index contributed by atoms with van der Waals surface area (Å²) in [5, 5.41) is 9.78. The van der Waals surface area contributed by atoms with Crippen molar-refractivity contribution in [3.05, 3.63) is 29.0 Å². The number of aromatic nitrogens is 1. The average Bonchev–Trinajstić information content (AvgIpc) is 2.54. The highest BCUT2D eigenvalue weighted by atomic mass is 35.5. The van der Waals surface area contributed by atoms with Gasteiger partial charge in [-0.15, -0.1) is 0 Å². The fourth-order valence-corrected chi connectivity index (χ4v) is 2.08. The standard InChI is InChI=1S/C11H14ClNO3/c1-11(2)15-9(6-14)10(16-11)7-3-4-13-5-8(7)12/h3-5,9-10,14H,6H2,1-2H3. The second-order valence-corrected chi connectivity index (χ2v) is 4.58. The molecule has 0 bridgehead atoms. The van der Waals surface area contributed by atoms with Gasteiger partial charge in [-0.1, -0.05) is 11.6 Å². The highest BCUT2D eigenvalue weighted by Gasteiger charge is 2.42. The Morgan fingerprint density at radius 3 is 2.88 bits per heavy atom. The summed E-state index contributed by atoms with van der Waals surface area (Å²) in [6.07, 6.45) is 2.45. The molecule has 1 aliphatic rings. The van der Waals surface area contributed by atoms with Gasteiger partial charge >= 0.3 is 0 Å². The molecule has 0 spiro atoms. The number of hydrogen-bond acceptors (Lipinski definition) is 4. The number of halogens is 1. The molecule has 16 heavy (non-hydrogen) atoms. The van der Waals surface area contributed by atoms with Gasteiger partial charge in [-0.3, -0.25) is 4.98 Å². The molecule has 2 unspecified atom stereocenters. The number of aliphatic hydroxyl groups is 1. The Morgan fingerprint density at radius 1 is 1.50 bits per heavy atom. The Kier molecular flexibility index (Phi) is 3.17. The molecule has 4 nitrogen and oxygen atoms in total. The van der Waals surface area contributed by atoms with Crippen LogP contribution in [0.25, 0.3) is 0 Å². The molecular formula is C11H14ClNO3. The summed E-state index contributed by atoms with van der Waals surface area (Å²) >= 11 is 6.04. The van der Waals surface area contributed by atoms with Gasteiger partial charge in [0.05, 0.1) is 11.6 Å². The predicted molar refractivity (Wildman–Crippen MR) is 59.1 cm³/mol. The van der Waals surface area contributed by atoms with Crippen molar-refractivity contribution in [2.24, 2.45) is 0 Å². The first-order valence-electron chi connectivity index (χ1n) is 5.09. The minimum Gasteiger partial charge on any atom is -0.394 e. The lowest BCUT2D eigenvalue weighted by molar-refractivity contribution is -0.149. The van der Waals surface area contributed by atoms with Crippen molar-refractivity contribution >= 4 is 11.6 Å². The van der Waals surface area contributed by atoms with Gasteiger partial charge in [0, 0.05) is 18.0 Å². The van der Waals surface area contributed by atoms with Gasteiger partial charge in [-0.2, -0.15) is 0 Å². The van der Waals surface area contributed by atoms with Crippen LogP contribution in [-0.2, 0) is 9.47 Å². The zero-order chi connectivity index (χ0) is 11.8. The average molecular weight is 244 g/mol. The molecule has 1 aromatic rings. The molecule has 0 aliphatic carbocycles. The summed E-state index contributed by atoms with van der Waals surface area (Å²) in [4.78, 5) is 3.91. The van der Waals surface area contributed by atoms with Crippen molar-refractivity contribution in [2.75, 3.05) is 6.61 Å². The second kappa shape index (κ2) is 4.30. The van der Waals surface area contributed by atoms with Crippen molar-refractivity contribution in [3.63, 3.8) is 0 Å². The first-order chi connectivity index (χ1) is 7.53. The third-order valence-electron chi connectivity index (χ3n) is 2.47. The van der Waals surface area contributed by atoms with Gasteiger partial charge in [0.1, 0.15) is 12.2 Å². The zero-order valence-corrected chi connectivity index (χ0v) is 9.94. The monoisotopic (exact) mass is 243 g/mol. The second-order valence-electron chi connectivity index (χ2n) is 4.17. The number of pyridine rings is 1. The van der Waals surface area contributed by atoms with Crippen LogP contribution >= 0.6 is 11.6 Å². The van der Waals surface area contributed by atoms with Crippen LogP contribution in [0.3, 0.4) is 0 Å². The predicted octanol–water partition coefficient (Wildman–Crippen LogP) is 1.92. The van der Waals surface area contributed by atoms with Gasteiger partial charge < -0.3 is 14.6 Å². The van der Waals surface area contributed by atoms with Gasteiger partial charge in [0.25, 0.3) is 0 Å². The van der Waals surface area contributed by atoms with Crippen molar-refractivity contribution in [3.8, 4) is 0 Å². The number of aliphatic hydroxyl groups excluding tert-OH is 1. The molecule has 1 saturated heterocycles. The van der Waals surface area contributed by atoms with Crippen LogP contribution in [0, 0.1) is 0 Å². The zero-order valence-electron chi connectivity index (χ0n) is 9.18. The van der Waals surface area contributed by atoms with E-state index >= 15 is 0 Å². The maximum absolute atomic E-state index is 9.26. The van der Waals surface area contributed by atoms with Crippen molar-refractivity contribution in [2.45, 2.75) is 31.8 Å². The Morgan fingerprint density at radius 2 is 2.25 bits per heavy atom. The molecule has 0 saturated carbocycles. The van der Waals surface area contributed by atoms with Crippen LogP contribution in [0.15, 0.2) is 18.5 Å². The third-order valence-corrected chi connectivity index (χ3v) is 2.79. The van der Waals surface area contributed by atoms with Crippen LogP contribution in [-0.4, -0.2) is 28.6 Å². The molecule has 5 heteroatoms. The normalized spacial score (nSPS) is 28.2. The molecule has 88 valence electrons. The Balaban J connectivity index is 2.30. The minimum atomic E-state index is -0.704. The third kappa shape index (κ3) is 2.20. The fraction of sp³-hybridized carbons (Fsp3) is 0.545. The van der Waals surface area contributed by atoms with Crippen LogP contribution in [0.4, 0.5) is 0 Å². The lowest BCUT2D eigenvalue weighted by atomic mass is 10.1. The Labute approximate surface area is 99.2 Å². The molecule has 1 aromatic heterocycles. The summed E-state index contributed by atoms with van der Waals surface area (Å²) in [6.45, 7) is 3.52. The quantitative estimate of drug-likeness (QED) is 0.862. The van der Waals surface area contributed by atoms with Gasteiger partial charge in [0.2, 0.25) is 0 Å². The molecule has 1 fully saturated rings. The van der Waals surface area contributed by atoms with E-state index < -0.39 is 11.9 Å². The molecule has 2 atom stereocenters. The van der Waals surface area contributed by atoms with Gasteiger partial charge in [-0.05, 0) is 19.9 Å². The summed E-state index contributed by atoms with van der Waals surface area (Å²) in [7, 11) is 0. The molecular weight excluding hydrogens is 230 g/mol. The Bertz CT molecular complexity index is 383. The number of nitrogens with zero attached hydrogens (tertiary/aromatic N) is 1. The summed E-state index contributed by atoms with van der Waals surface area (Å²) < 4.78 is 11.3. The molecule has 1 N–H and O–H groups in total. The Hall–Kier alpha value is -0.680. The fourth-order valence-electron chi connectivity index (χ4n) is 1.85. The van der Waals surface area contributed by atoms with E-state index in [1.807, 2.05) is 13.8 Å². The van der Waals surface area contributed by atoms with Crippen LogP contribution in [0.5, 0.6) is 0 Å². The van der Waals surface area contributed by atoms with E-state index in [9.17, 15) is 5.11 Å². The number of hydrogen-bond donors (Lipinski definition) is 1. The SMILES string of the molecule is CC1(C)OC(CO)C(c2ccncc2Cl)O1. The van der Waals surface area contributed by atoms with Crippen LogP contribution < -0.4 is 0 Å². The minimum absolute atomic E-state index is 0.104. The van der Waals surface area contributed by atoms with E-state index in [4.69, 9.17) is 21.1 Å². The molecule has 0 aromatic carbocycles. The van der Waals surface area contributed by atoms with E-state index in [-0.39, 0.29) is 12.7 Å². The van der Waals surface area contributed by atoms with Gasteiger partial charge in [0.15, 0.2) is 5.79 Å². The van der Waals surface area contributed by atoms with Crippen LogP contribution in [0.2, 0.25) is 5.02 Å². The van der Waals surface area contributed by atoms with E-state index in [0.29, 0.717) is 5.02 Å². The summed E-state index contributed by atoms with van der Waals surface area (Å²) in [5.74, 6) is -0.704. The highest BCUT2D eigenvalue weighted by molar-refractivity contribution is 6.31. The first-order valence-corrected chi connectivity index (χ1v) is 5.47. The molecule has 0 radical (unpaired) electrons. The smallest absolute Gasteiger partial charge is 0.164 e. The largest absolute Gasteiger partial charge is 0.394 e.